The summed E-state index contributed by atoms with van der Waals surface area (Å²) >= 11 is 1.78. The summed E-state index contributed by atoms with van der Waals surface area (Å²) in [5.74, 6) is 0. The monoisotopic (exact) mass is 234 g/mol. The van der Waals surface area contributed by atoms with Crippen molar-refractivity contribution in [3.8, 4) is 0 Å². The van der Waals surface area contributed by atoms with Gasteiger partial charge in [-0.3, -0.25) is 0 Å². The second-order valence-corrected chi connectivity index (χ2v) is 5.30. The van der Waals surface area contributed by atoms with E-state index >= 15 is 0 Å². The lowest BCUT2D eigenvalue weighted by molar-refractivity contribution is 0.383. The molecule has 1 unspecified atom stereocenters. The number of fused-ring (bicyclic) bond motifs is 1. The Kier molecular flexibility index (Phi) is 3.59. The molecule has 0 radical (unpaired) electrons. The summed E-state index contributed by atoms with van der Waals surface area (Å²) in [6.07, 6.45) is 1.00. The molecule has 0 bridgehead atoms. The van der Waals surface area contributed by atoms with Crippen molar-refractivity contribution >= 4 is 21.4 Å². The fourth-order valence-electron chi connectivity index (χ4n) is 1.86. The Balaban J connectivity index is 2.22. The molecule has 1 aromatic heterocycles. The zero-order valence-electron chi connectivity index (χ0n) is 9.81. The van der Waals surface area contributed by atoms with E-state index in [4.69, 9.17) is 5.73 Å². The maximum Gasteiger partial charge on any atom is 0.0390 e. The Morgan fingerprint density at radius 2 is 2.12 bits per heavy atom. The van der Waals surface area contributed by atoms with Crippen molar-refractivity contribution in [3.05, 3.63) is 35.2 Å². The predicted octanol–water partition coefficient (Wildman–Crippen LogP) is 2.85. The predicted molar refractivity (Wildman–Crippen MR) is 71.9 cm³/mol. The van der Waals surface area contributed by atoms with Crippen molar-refractivity contribution in [2.24, 2.45) is 5.73 Å². The molecule has 0 aliphatic heterocycles. The number of benzene rings is 1. The third kappa shape index (κ3) is 2.43. The summed E-state index contributed by atoms with van der Waals surface area (Å²) in [7, 11) is 4.16. The van der Waals surface area contributed by atoms with Crippen LogP contribution in [0.1, 0.15) is 18.0 Å². The molecule has 0 spiro atoms. The van der Waals surface area contributed by atoms with Crippen molar-refractivity contribution in [1.29, 1.82) is 0 Å². The Labute approximate surface area is 101 Å². The number of thiophene rings is 1. The standard InChI is InChI=1S/C13H18N2S/c1-15(2)8-6-12(14)11-5-3-4-10-7-9-16-13(10)11/h3-5,7,9,12H,6,8,14H2,1-2H3. The Hall–Kier alpha value is -0.900. The van der Waals surface area contributed by atoms with E-state index in [-0.39, 0.29) is 6.04 Å². The van der Waals surface area contributed by atoms with E-state index in [0.29, 0.717) is 0 Å². The second-order valence-electron chi connectivity index (χ2n) is 4.38. The highest BCUT2D eigenvalue weighted by molar-refractivity contribution is 7.17. The van der Waals surface area contributed by atoms with E-state index in [1.54, 1.807) is 11.3 Å². The first-order valence-corrected chi connectivity index (χ1v) is 6.43. The molecule has 86 valence electrons. The van der Waals surface area contributed by atoms with Gasteiger partial charge in [0, 0.05) is 10.7 Å². The van der Waals surface area contributed by atoms with Gasteiger partial charge in [0.2, 0.25) is 0 Å². The summed E-state index contributed by atoms with van der Waals surface area (Å²) in [5.41, 5.74) is 7.54. The smallest absolute Gasteiger partial charge is 0.0390 e. The van der Waals surface area contributed by atoms with Gasteiger partial charge >= 0.3 is 0 Å². The lowest BCUT2D eigenvalue weighted by Crippen LogP contribution is -2.20. The van der Waals surface area contributed by atoms with Gasteiger partial charge in [0.15, 0.2) is 0 Å². The number of nitrogens with zero attached hydrogens (tertiary/aromatic N) is 1. The number of hydrogen-bond donors (Lipinski definition) is 1. The summed E-state index contributed by atoms with van der Waals surface area (Å²) in [6, 6.07) is 8.69. The van der Waals surface area contributed by atoms with Crippen molar-refractivity contribution in [2.75, 3.05) is 20.6 Å². The van der Waals surface area contributed by atoms with Crippen molar-refractivity contribution < 1.29 is 0 Å². The van der Waals surface area contributed by atoms with Crippen molar-refractivity contribution in [3.63, 3.8) is 0 Å². The largest absolute Gasteiger partial charge is 0.324 e. The SMILES string of the molecule is CN(C)CCC(N)c1cccc2ccsc12. The van der Waals surface area contributed by atoms with Crippen LogP contribution in [0.4, 0.5) is 0 Å². The Morgan fingerprint density at radius 1 is 1.31 bits per heavy atom. The van der Waals surface area contributed by atoms with Gasteiger partial charge < -0.3 is 10.6 Å². The highest BCUT2D eigenvalue weighted by Gasteiger charge is 2.10. The molecule has 16 heavy (non-hydrogen) atoms. The van der Waals surface area contributed by atoms with Crippen LogP contribution in [-0.4, -0.2) is 25.5 Å². The first-order chi connectivity index (χ1) is 7.68. The van der Waals surface area contributed by atoms with Gasteiger partial charge in [0.25, 0.3) is 0 Å². The molecule has 1 heterocycles. The highest BCUT2D eigenvalue weighted by atomic mass is 32.1. The fourth-order valence-corrected chi connectivity index (χ4v) is 2.84. The maximum absolute atomic E-state index is 6.25. The summed E-state index contributed by atoms with van der Waals surface area (Å²) in [4.78, 5) is 2.18. The van der Waals surface area contributed by atoms with Crippen LogP contribution in [0.2, 0.25) is 0 Å². The Bertz CT molecular complexity index is 462. The van der Waals surface area contributed by atoms with Gasteiger partial charge in [-0.05, 0) is 49.5 Å². The zero-order valence-corrected chi connectivity index (χ0v) is 10.6. The molecule has 0 aliphatic carbocycles. The molecule has 1 atom stereocenters. The fraction of sp³-hybridized carbons (Fsp3) is 0.385. The lowest BCUT2D eigenvalue weighted by Gasteiger charge is -2.16. The normalized spacial score (nSPS) is 13.5. The molecular formula is C13H18N2S. The minimum absolute atomic E-state index is 0.143. The van der Waals surface area contributed by atoms with Crippen LogP contribution in [0.15, 0.2) is 29.6 Å². The van der Waals surface area contributed by atoms with Gasteiger partial charge in [-0.15, -0.1) is 11.3 Å². The second kappa shape index (κ2) is 4.95. The quantitative estimate of drug-likeness (QED) is 0.881. The molecule has 0 saturated carbocycles. The van der Waals surface area contributed by atoms with E-state index in [1.807, 2.05) is 0 Å². The molecule has 2 rings (SSSR count). The van der Waals surface area contributed by atoms with Gasteiger partial charge in [-0.1, -0.05) is 18.2 Å². The molecule has 0 saturated heterocycles. The summed E-state index contributed by atoms with van der Waals surface area (Å²) in [6.45, 7) is 1.03. The first kappa shape index (κ1) is 11.6. The maximum atomic E-state index is 6.25. The highest BCUT2D eigenvalue weighted by Crippen LogP contribution is 2.29. The summed E-state index contributed by atoms with van der Waals surface area (Å²) < 4.78 is 1.34. The topological polar surface area (TPSA) is 29.3 Å². The van der Waals surface area contributed by atoms with Crippen molar-refractivity contribution in [1.82, 2.24) is 4.90 Å². The minimum atomic E-state index is 0.143. The zero-order chi connectivity index (χ0) is 11.5. The first-order valence-electron chi connectivity index (χ1n) is 5.55. The van der Waals surface area contributed by atoms with Gasteiger partial charge in [0.1, 0.15) is 0 Å². The molecule has 1 aromatic carbocycles. The molecular weight excluding hydrogens is 216 g/mol. The molecule has 3 heteroatoms. The molecule has 0 amide bonds. The van der Waals surface area contributed by atoms with E-state index < -0.39 is 0 Å². The third-order valence-electron chi connectivity index (χ3n) is 2.80. The molecule has 2 nitrogen and oxygen atoms in total. The van der Waals surface area contributed by atoms with Crippen molar-refractivity contribution in [2.45, 2.75) is 12.5 Å². The third-order valence-corrected chi connectivity index (χ3v) is 3.78. The van der Waals surface area contributed by atoms with Gasteiger partial charge in [-0.2, -0.15) is 0 Å². The average Bonchev–Trinajstić information content (AvgIpc) is 2.73. The minimum Gasteiger partial charge on any atom is -0.324 e. The van der Waals surface area contributed by atoms with Crippen LogP contribution in [0.25, 0.3) is 10.1 Å². The Morgan fingerprint density at radius 3 is 2.88 bits per heavy atom. The summed E-state index contributed by atoms with van der Waals surface area (Å²) in [5, 5.41) is 3.44. The van der Waals surface area contributed by atoms with E-state index in [0.717, 1.165) is 13.0 Å². The van der Waals surface area contributed by atoms with Gasteiger partial charge in [0.05, 0.1) is 0 Å². The van der Waals surface area contributed by atoms with Crippen LogP contribution >= 0.6 is 11.3 Å². The van der Waals surface area contributed by atoms with Crippen LogP contribution in [-0.2, 0) is 0 Å². The molecule has 0 fully saturated rings. The molecule has 0 aliphatic rings. The van der Waals surface area contributed by atoms with Crippen LogP contribution in [0.3, 0.4) is 0 Å². The number of hydrogen-bond acceptors (Lipinski definition) is 3. The molecule has 2 aromatic rings. The van der Waals surface area contributed by atoms with E-state index in [1.165, 1.54) is 15.6 Å². The number of rotatable bonds is 4. The molecule has 2 N–H and O–H groups in total. The van der Waals surface area contributed by atoms with Crippen LogP contribution in [0, 0.1) is 0 Å². The van der Waals surface area contributed by atoms with E-state index in [9.17, 15) is 0 Å². The number of nitrogens with two attached hydrogens (primary N) is 1. The lowest BCUT2D eigenvalue weighted by atomic mass is 10.0. The average molecular weight is 234 g/mol. The van der Waals surface area contributed by atoms with Crippen LogP contribution in [0.5, 0.6) is 0 Å². The van der Waals surface area contributed by atoms with Crippen LogP contribution < -0.4 is 5.73 Å². The van der Waals surface area contributed by atoms with E-state index in [2.05, 4.69) is 48.6 Å². The van der Waals surface area contributed by atoms with Gasteiger partial charge in [-0.25, -0.2) is 0 Å².